The van der Waals surface area contributed by atoms with Crippen LogP contribution in [0.2, 0.25) is 0 Å². The van der Waals surface area contributed by atoms with Crippen molar-refractivity contribution in [2.24, 2.45) is 0 Å². The fourth-order valence-electron chi connectivity index (χ4n) is 2.26. The number of anilines is 1. The molecule has 1 unspecified atom stereocenters. The average molecular weight is 277 g/mol. The number of unbranched alkanes of at least 4 members (excludes halogenated alkanes) is 1. The average Bonchev–Trinajstić information content (AvgIpc) is 2.46. The highest BCUT2D eigenvalue weighted by atomic mass is 15.2. The number of pyridine rings is 1. The van der Waals surface area contributed by atoms with E-state index in [4.69, 9.17) is 0 Å². The standard InChI is InChI=1S/C17H31N3/c1-6-8-11-20(15(5)7-2)17-13-18-10-9-16(17)12-19-14(3)4/h9-10,13-15,19H,6-8,11-12H2,1-5H3. The number of rotatable bonds is 9. The summed E-state index contributed by atoms with van der Waals surface area (Å²) >= 11 is 0. The molecule has 1 rings (SSSR count). The molecular formula is C17H31N3. The second kappa shape index (κ2) is 8.96. The van der Waals surface area contributed by atoms with Gasteiger partial charge in [-0.15, -0.1) is 0 Å². The zero-order valence-corrected chi connectivity index (χ0v) is 13.8. The third-order valence-electron chi connectivity index (χ3n) is 3.77. The summed E-state index contributed by atoms with van der Waals surface area (Å²) in [6.45, 7) is 13.2. The van der Waals surface area contributed by atoms with Crippen molar-refractivity contribution in [1.29, 1.82) is 0 Å². The van der Waals surface area contributed by atoms with E-state index in [1.807, 2.05) is 12.4 Å². The van der Waals surface area contributed by atoms with Gasteiger partial charge in [0, 0.05) is 31.4 Å². The molecule has 0 saturated carbocycles. The molecule has 1 aromatic heterocycles. The van der Waals surface area contributed by atoms with Crippen LogP contribution in [0.4, 0.5) is 5.69 Å². The zero-order valence-electron chi connectivity index (χ0n) is 13.8. The highest BCUT2D eigenvalue weighted by molar-refractivity contribution is 5.52. The number of aromatic nitrogens is 1. The van der Waals surface area contributed by atoms with Gasteiger partial charge in [-0.2, -0.15) is 0 Å². The molecule has 1 aromatic rings. The monoisotopic (exact) mass is 277 g/mol. The van der Waals surface area contributed by atoms with Crippen molar-refractivity contribution in [2.45, 2.75) is 72.5 Å². The lowest BCUT2D eigenvalue weighted by molar-refractivity contribution is 0.572. The van der Waals surface area contributed by atoms with Crippen LogP contribution < -0.4 is 10.2 Å². The third kappa shape index (κ3) is 5.12. The van der Waals surface area contributed by atoms with Crippen molar-refractivity contribution in [3.63, 3.8) is 0 Å². The maximum Gasteiger partial charge on any atom is 0.0600 e. The van der Waals surface area contributed by atoms with Gasteiger partial charge in [-0.05, 0) is 31.4 Å². The van der Waals surface area contributed by atoms with Crippen molar-refractivity contribution < 1.29 is 0 Å². The predicted molar refractivity (Wildman–Crippen MR) is 88.2 cm³/mol. The Morgan fingerprint density at radius 2 is 2.00 bits per heavy atom. The van der Waals surface area contributed by atoms with Crippen molar-refractivity contribution in [2.75, 3.05) is 11.4 Å². The molecule has 20 heavy (non-hydrogen) atoms. The molecule has 0 aliphatic carbocycles. The Morgan fingerprint density at radius 3 is 2.60 bits per heavy atom. The molecule has 0 saturated heterocycles. The van der Waals surface area contributed by atoms with E-state index in [1.165, 1.54) is 24.1 Å². The topological polar surface area (TPSA) is 28.2 Å². The number of hydrogen-bond acceptors (Lipinski definition) is 3. The summed E-state index contributed by atoms with van der Waals surface area (Å²) < 4.78 is 0. The molecule has 0 bridgehead atoms. The molecule has 0 amide bonds. The highest BCUT2D eigenvalue weighted by Crippen LogP contribution is 2.23. The van der Waals surface area contributed by atoms with E-state index >= 15 is 0 Å². The van der Waals surface area contributed by atoms with Gasteiger partial charge in [0.25, 0.3) is 0 Å². The maximum absolute atomic E-state index is 4.35. The second-order valence-corrected chi connectivity index (χ2v) is 5.84. The predicted octanol–water partition coefficient (Wildman–Crippen LogP) is 3.98. The van der Waals surface area contributed by atoms with Crippen LogP contribution in [0.15, 0.2) is 18.5 Å². The van der Waals surface area contributed by atoms with Crippen LogP contribution in [-0.2, 0) is 6.54 Å². The van der Waals surface area contributed by atoms with Crippen LogP contribution in [0, 0.1) is 0 Å². The minimum absolute atomic E-state index is 0.503. The highest BCUT2D eigenvalue weighted by Gasteiger charge is 2.16. The van der Waals surface area contributed by atoms with E-state index in [9.17, 15) is 0 Å². The molecule has 1 N–H and O–H groups in total. The lowest BCUT2D eigenvalue weighted by Crippen LogP contribution is -2.35. The smallest absolute Gasteiger partial charge is 0.0600 e. The van der Waals surface area contributed by atoms with Crippen LogP contribution in [0.25, 0.3) is 0 Å². The van der Waals surface area contributed by atoms with Crippen LogP contribution in [-0.4, -0.2) is 23.6 Å². The summed E-state index contributed by atoms with van der Waals surface area (Å²) in [7, 11) is 0. The molecule has 3 nitrogen and oxygen atoms in total. The van der Waals surface area contributed by atoms with Crippen LogP contribution in [0.5, 0.6) is 0 Å². The lowest BCUT2D eigenvalue weighted by Gasteiger charge is -2.32. The van der Waals surface area contributed by atoms with Gasteiger partial charge >= 0.3 is 0 Å². The molecule has 0 aliphatic heterocycles. The van der Waals surface area contributed by atoms with E-state index in [-0.39, 0.29) is 0 Å². The van der Waals surface area contributed by atoms with Crippen LogP contribution in [0.3, 0.4) is 0 Å². The quantitative estimate of drug-likeness (QED) is 0.740. The third-order valence-corrected chi connectivity index (χ3v) is 3.77. The molecule has 1 atom stereocenters. The van der Waals surface area contributed by atoms with E-state index in [2.05, 4.69) is 55.9 Å². The van der Waals surface area contributed by atoms with Crippen molar-refractivity contribution >= 4 is 5.69 Å². The molecule has 0 aromatic carbocycles. The van der Waals surface area contributed by atoms with E-state index < -0.39 is 0 Å². The first-order chi connectivity index (χ1) is 9.60. The SMILES string of the molecule is CCCCN(c1cnccc1CNC(C)C)C(C)CC. The molecule has 1 heterocycles. The Morgan fingerprint density at radius 1 is 1.25 bits per heavy atom. The van der Waals surface area contributed by atoms with Gasteiger partial charge in [-0.1, -0.05) is 34.1 Å². The number of hydrogen-bond donors (Lipinski definition) is 1. The lowest BCUT2D eigenvalue weighted by atomic mass is 10.1. The minimum Gasteiger partial charge on any atom is -0.367 e. The fourth-order valence-corrected chi connectivity index (χ4v) is 2.26. The van der Waals surface area contributed by atoms with Gasteiger partial charge in [0.1, 0.15) is 0 Å². The molecule has 3 heteroatoms. The van der Waals surface area contributed by atoms with Gasteiger partial charge in [-0.3, -0.25) is 4.98 Å². The summed E-state index contributed by atoms with van der Waals surface area (Å²) in [4.78, 5) is 6.87. The number of nitrogens with zero attached hydrogens (tertiary/aromatic N) is 2. The summed E-state index contributed by atoms with van der Waals surface area (Å²) in [6, 6.07) is 3.21. The molecule has 0 spiro atoms. The van der Waals surface area contributed by atoms with Gasteiger partial charge in [0.05, 0.1) is 11.9 Å². The summed E-state index contributed by atoms with van der Waals surface area (Å²) in [6.07, 6.45) is 7.55. The Hall–Kier alpha value is -1.09. The second-order valence-electron chi connectivity index (χ2n) is 5.84. The van der Waals surface area contributed by atoms with Crippen molar-refractivity contribution in [1.82, 2.24) is 10.3 Å². The largest absolute Gasteiger partial charge is 0.367 e. The van der Waals surface area contributed by atoms with Gasteiger partial charge in [-0.25, -0.2) is 0 Å². The Kier molecular flexibility index (Phi) is 7.60. The van der Waals surface area contributed by atoms with Gasteiger partial charge in [0.2, 0.25) is 0 Å². The molecule has 0 fully saturated rings. The Balaban J connectivity index is 2.93. The maximum atomic E-state index is 4.35. The summed E-state index contributed by atoms with van der Waals surface area (Å²) in [5.41, 5.74) is 2.65. The van der Waals surface area contributed by atoms with E-state index in [1.54, 1.807) is 0 Å². The fraction of sp³-hybridized carbons (Fsp3) is 0.706. The summed E-state index contributed by atoms with van der Waals surface area (Å²) in [5.74, 6) is 0. The molecule has 0 radical (unpaired) electrons. The van der Waals surface area contributed by atoms with Crippen LogP contribution in [0.1, 0.15) is 59.4 Å². The minimum atomic E-state index is 0.503. The van der Waals surface area contributed by atoms with Crippen molar-refractivity contribution in [3.8, 4) is 0 Å². The molecule has 0 aliphatic rings. The Labute approximate surface area is 124 Å². The number of nitrogens with one attached hydrogen (secondary N) is 1. The zero-order chi connectivity index (χ0) is 15.0. The van der Waals surface area contributed by atoms with Gasteiger partial charge in [0.15, 0.2) is 0 Å². The summed E-state index contributed by atoms with van der Waals surface area (Å²) in [5, 5.41) is 3.52. The molecular weight excluding hydrogens is 246 g/mol. The first-order valence-corrected chi connectivity index (χ1v) is 8.03. The van der Waals surface area contributed by atoms with Crippen LogP contribution >= 0.6 is 0 Å². The van der Waals surface area contributed by atoms with Gasteiger partial charge < -0.3 is 10.2 Å². The van der Waals surface area contributed by atoms with Crippen molar-refractivity contribution in [3.05, 3.63) is 24.0 Å². The van der Waals surface area contributed by atoms with E-state index in [0.717, 1.165) is 19.5 Å². The van der Waals surface area contributed by atoms with E-state index in [0.29, 0.717) is 12.1 Å². The first-order valence-electron chi connectivity index (χ1n) is 8.03. The molecule has 114 valence electrons. The Bertz CT molecular complexity index is 376. The normalized spacial score (nSPS) is 12.7. The first kappa shape index (κ1) is 17.0.